The zero-order valence-corrected chi connectivity index (χ0v) is 15.9. The Labute approximate surface area is 170 Å². The van der Waals surface area contributed by atoms with Crippen molar-refractivity contribution in [2.75, 3.05) is 11.6 Å². The standard InChI is InChI=1S/C20H18F2N6O2/c1-12-2-5-17(28-9-8-24-27-28)14(10-12)19(29)23-7-6-18-25-20(30-26-18)13-3-4-15(21)16(22)11-13/h2-5,8-11,24,27H,6-7H2,1H3,(H,23,29). The molecule has 3 N–H and O–H groups in total. The van der Waals surface area contributed by atoms with Crippen LogP contribution in [0.5, 0.6) is 0 Å². The maximum Gasteiger partial charge on any atom is 0.258 e. The van der Waals surface area contributed by atoms with Crippen molar-refractivity contribution in [3.63, 3.8) is 0 Å². The summed E-state index contributed by atoms with van der Waals surface area (Å²) in [5.74, 6) is -1.78. The second kappa shape index (κ2) is 8.29. The first-order valence-corrected chi connectivity index (χ1v) is 9.15. The Morgan fingerprint density at radius 2 is 2.07 bits per heavy atom. The van der Waals surface area contributed by atoms with Gasteiger partial charge in [0.2, 0.25) is 0 Å². The number of amides is 1. The summed E-state index contributed by atoms with van der Waals surface area (Å²) in [6, 6.07) is 8.90. The lowest BCUT2D eigenvalue weighted by atomic mass is 10.1. The third-order valence-electron chi connectivity index (χ3n) is 4.42. The fraction of sp³-hybridized carbons (Fsp3) is 0.150. The molecule has 0 saturated carbocycles. The Bertz CT molecular complexity index is 1110. The van der Waals surface area contributed by atoms with Crippen LogP contribution in [0.3, 0.4) is 0 Å². The predicted octanol–water partition coefficient (Wildman–Crippen LogP) is 2.60. The quantitative estimate of drug-likeness (QED) is 0.573. The monoisotopic (exact) mass is 412 g/mol. The summed E-state index contributed by atoms with van der Waals surface area (Å²) >= 11 is 0. The van der Waals surface area contributed by atoms with Gasteiger partial charge >= 0.3 is 0 Å². The van der Waals surface area contributed by atoms with Crippen LogP contribution in [0, 0.1) is 18.6 Å². The summed E-state index contributed by atoms with van der Waals surface area (Å²) < 4.78 is 31.5. The van der Waals surface area contributed by atoms with Gasteiger partial charge in [-0.25, -0.2) is 8.78 Å². The molecule has 0 atom stereocenters. The van der Waals surface area contributed by atoms with Crippen molar-refractivity contribution < 1.29 is 18.1 Å². The van der Waals surface area contributed by atoms with Gasteiger partial charge in [-0.15, -0.1) is 5.53 Å². The number of carbonyl (C=O) groups excluding carboxylic acids is 1. The molecule has 154 valence electrons. The topological polar surface area (TPSA) is 95.3 Å². The van der Waals surface area contributed by atoms with Crippen molar-refractivity contribution in [2.45, 2.75) is 13.3 Å². The number of aromatic nitrogens is 2. The van der Waals surface area contributed by atoms with Crippen LogP contribution in [0.25, 0.3) is 11.5 Å². The number of hydrogen-bond donors (Lipinski definition) is 3. The largest absolute Gasteiger partial charge is 0.352 e. The average molecular weight is 412 g/mol. The molecular weight excluding hydrogens is 394 g/mol. The van der Waals surface area contributed by atoms with Crippen LogP contribution in [0.4, 0.5) is 14.5 Å². The molecule has 0 spiro atoms. The Kier molecular flexibility index (Phi) is 5.40. The van der Waals surface area contributed by atoms with Crippen molar-refractivity contribution in [2.24, 2.45) is 0 Å². The number of hydrazine groups is 2. The van der Waals surface area contributed by atoms with Crippen molar-refractivity contribution in [1.29, 1.82) is 0 Å². The molecule has 0 radical (unpaired) electrons. The molecule has 10 heteroatoms. The van der Waals surface area contributed by atoms with Crippen molar-refractivity contribution in [3.8, 4) is 11.5 Å². The Morgan fingerprint density at radius 1 is 1.20 bits per heavy atom. The minimum atomic E-state index is -0.994. The molecule has 2 aromatic carbocycles. The number of aryl methyl sites for hydroxylation is 1. The molecule has 0 unspecified atom stereocenters. The van der Waals surface area contributed by atoms with Gasteiger partial charge in [-0.05, 0) is 37.3 Å². The molecule has 1 aliphatic heterocycles. The van der Waals surface area contributed by atoms with Crippen LogP contribution >= 0.6 is 0 Å². The fourth-order valence-corrected chi connectivity index (χ4v) is 2.92. The van der Waals surface area contributed by atoms with Crippen LogP contribution in [-0.4, -0.2) is 22.6 Å². The normalized spacial score (nSPS) is 12.8. The number of anilines is 1. The number of halogens is 2. The zero-order valence-electron chi connectivity index (χ0n) is 15.9. The number of nitrogens with one attached hydrogen (secondary N) is 3. The van der Waals surface area contributed by atoms with Crippen LogP contribution in [0.1, 0.15) is 21.7 Å². The SMILES string of the molecule is Cc1ccc(N2C=CNN2)c(C(=O)NCCc2noc(-c3ccc(F)c(F)c3)n2)c1. The van der Waals surface area contributed by atoms with E-state index < -0.39 is 11.6 Å². The van der Waals surface area contributed by atoms with E-state index in [-0.39, 0.29) is 23.9 Å². The van der Waals surface area contributed by atoms with E-state index in [2.05, 4.69) is 26.4 Å². The summed E-state index contributed by atoms with van der Waals surface area (Å²) in [6.07, 6.45) is 3.78. The minimum Gasteiger partial charge on any atom is -0.352 e. The van der Waals surface area contributed by atoms with E-state index in [4.69, 9.17) is 4.52 Å². The van der Waals surface area contributed by atoms with Gasteiger partial charge in [-0.3, -0.25) is 9.80 Å². The van der Waals surface area contributed by atoms with Crippen LogP contribution < -0.4 is 21.3 Å². The van der Waals surface area contributed by atoms with Gasteiger partial charge < -0.3 is 15.3 Å². The molecule has 30 heavy (non-hydrogen) atoms. The van der Waals surface area contributed by atoms with Gasteiger partial charge in [-0.2, -0.15) is 4.98 Å². The van der Waals surface area contributed by atoms with E-state index in [9.17, 15) is 13.6 Å². The smallest absolute Gasteiger partial charge is 0.258 e. The lowest BCUT2D eigenvalue weighted by molar-refractivity contribution is 0.0954. The van der Waals surface area contributed by atoms with Gasteiger partial charge in [0, 0.05) is 30.9 Å². The fourth-order valence-electron chi connectivity index (χ4n) is 2.92. The van der Waals surface area contributed by atoms with Gasteiger partial charge in [-0.1, -0.05) is 16.8 Å². The highest BCUT2D eigenvalue weighted by Gasteiger charge is 2.18. The zero-order chi connectivity index (χ0) is 21.1. The molecule has 1 aromatic heterocycles. The summed E-state index contributed by atoms with van der Waals surface area (Å²) in [7, 11) is 0. The average Bonchev–Trinajstić information content (AvgIpc) is 3.42. The number of hydrogen-bond acceptors (Lipinski definition) is 7. The molecule has 8 nitrogen and oxygen atoms in total. The lowest BCUT2D eigenvalue weighted by Gasteiger charge is -2.19. The Balaban J connectivity index is 1.40. The van der Waals surface area contributed by atoms with Crippen LogP contribution in [-0.2, 0) is 6.42 Å². The van der Waals surface area contributed by atoms with Crippen LogP contribution in [0.15, 0.2) is 53.3 Å². The van der Waals surface area contributed by atoms with Crippen molar-refractivity contribution in [1.82, 2.24) is 26.4 Å². The summed E-state index contributed by atoms with van der Waals surface area (Å²) in [5, 5.41) is 8.35. The molecule has 3 aromatic rings. The second-order valence-electron chi connectivity index (χ2n) is 6.61. The van der Waals surface area contributed by atoms with Gasteiger partial charge in [0.1, 0.15) is 0 Å². The first kappa shape index (κ1) is 19.5. The van der Waals surface area contributed by atoms with Crippen LogP contribution in [0.2, 0.25) is 0 Å². The van der Waals surface area contributed by atoms with Crippen molar-refractivity contribution in [3.05, 3.63) is 77.4 Å². The molecule has 4 rings (SSSR count). The predicted molar refractivity (Wildman–Crippen MR) is 105 cm³/mol. The maximum atomic E-state index is 13.4. The summed E-state index contributed by atoms with van der Waals surface area (Å²) in [4.78, 5) is 16.9. The summed E-state index contributed by atoms with van der Waals surface area (Å²) in [6.45, 7) is 2.18. The highest BCUT2D eigenvalue weighted by atomic mass is 19.2. The molecule has 1 amide bonds. The van der Waals surface area contributed by atoms with Gasteiger partial charge in [0.15, 0.2) is 17.5 Å². The number of nitrogens with zero attached hydrogens (tertiary/aromatic N) is 3. The number of rotatable bonds is 6. The Hall–Kier alpha value is -3.79. The van der Waals surface area contributed by atoms with Gasteiger partial charge in [0.05, 0.1) is 11.3 Å². The van der Waals surface area contributed by atoms with Gasteiger partial charge in [0.25, 0.3) is 11.8 Å². The molecule has 0 fully saturated rings. The van der Waals surface area contributed by atoms with E-state index in [0.717, 1.165) is 17.7 Å². The molecule has 0 aliphatic carbocycles. The summed E-state index contributed by atoms with van der Waals surface area (Å²) in [5.41, 5.74) is 8.17. The third kappa shape index (κ3) is 4.13. The molecule has 0 saturated heterocycles. The molecular formula is C20H18F2N6O2. The molecule has 0 bridgehead atoms. The molecule has 1 aliphatic rings. The first-order chi connectivity index (χ1) is 14.5. The lowest BCUT2D eigenvalue weighted by Crippen LogP contribution is -2.37. The van der Waals surface area contributed by atoms with E-state index >= 15 is 0 Å². The highest BCUT2D eigenvalue weighted by molar-refractivity contribution is 6.00. The third-order valence-corrected chi connectivity index (χ3v) is 4.42. The first-order valence-electron chi connectivity index (χ1n) is 9.15. The Morgan fingerprint density at radius 3 is 2.83 bits per heavy atom. The molecule has 2 heterocycles. The van der Waals surface area contributed by atoms with E-state index in [1.54, 1.807) is 23.5 Å². The highest BCUT2D eigenvalue weighted by Crippen LogP contribution is 2.22. The second-order valence-corrected chi connectivity index (χ2v) is 6.61. The maximum absolute atomic E-state index is 13.4. The number of benzene rings is 2. The van der Waals surface area contributed by atoms with Crippen molar-refractivity contribution >= 4 is 11.6 Å². The number of carbonyl (C=O) groups is 1. The minimum absolute atomic E-state index is 0.0793. The van der Waals surface area contributed by atoms with E-state index in [1.807, 2.05) is 19.1 Å². The van der Waals surface area contributed by atoms with E-state index in [1.165, 1.54) is 6.07 Å². The van der Waals surface area contributed by atoms with E-state index in [0.29, 0.717) is 23.5 Å².